The van der Waals surface area contributed by atoms with Crippen molar-refractivity contribution in [1.29, 1.82) is 0 Å². The first kappa shape index (κ1) is 16.3. The summed E-state index contributed by atoms with van der Waals surface area (Å²) in [6, 6.07) is 0. The minimum Gasteiger partial charge on any atom is -0.354 e. The summed E-state index contributed by atoms with van der Waals surface area (Å²) in [6.45, 7) is 9.72. The molecule has 1 aromatic heterocycles. The van der Waals surface area contributed by atoms with Crippen molar-refractivity contribution in [2.45, 2.75) is 39.5 Å². The van der Waals surface area contributed by atoms with Crippen LogP contribution in [0.4, 0.5) is 0 Å². The Morgan fingerprint density at radius 1 is 1.33 bits per heavy atom. The van der Waals surface area contributed by atoms with Gasteiger partial charge in [-0.25, -0.2) is 4.79 Å². The number of nitrogens with zero attached hydrogens (tertiary/aromatic N) is 1. The summed E-state index contributed by atoms with van der Waals surface area (Å²) < 4.78 is 7.26. The summed E-state index contributed by atoms with van der Waals surface area (Å²) in [7, 11) is 0. The smallest absolute Gasteiger partial charge is 0.330 e. The van der Waals surface area contributed by atoms with E-state index >= 15 is 0 Å². The fourth-order valence-corrected chi connectivity index (χ4v) is 2.39. The maximum absolute atomic E-state index is 12.0. The number of hydrogen-bond donors (Lipinski definition) is 1. The Morgan fingerprint density at radius 3 is 2.52 bits per heavy atom. The Bertz CT molecular complexity index is 668. The molecule has 0 aromatic carbocycles. The number of hydrogen-bond acceptors (Lipinski definition) is 3. The van der Waals surface area contributed by atoms with Crippen LogP contribution in [-0.4, -0.2) is 15.7 Å². The molecule has 1 fully saturated rings. The molecular weight excluding hydrogens is 518 g/mol. The van der Waals surface area contributed by atoms with Crippen molar-refractivity contribution in [2.75, 3.05) is 0 Å². The Kier molecular flexibility index (Phi) is 4.72. The minimum atomic E-state index is -0.473. The van der Waals surface area contributed by atoms with E-state index in [0.717, 1.165) is 0 Å². The van der Waals surface area contributed by atoms with Crippen LogP contribution in [0.2, 0.25) is 0 Å². The van der Waals surface area contributed by atoms with Crippen molar-refractivity contribution >= 4 is 0 Å². The van der Waals surface area contributed by atoms with Gasteiger partial charge in [0.15, 0.2) is 0 Å². The molecule has 2 rings (SSSR count). The molecule has 4 atom stereocenters. The average Bonchev–Trinajstić information content (AvgIpc) is 2.66. The molecule has 1 saturated heterocycles. The number of rotatable bonds is 1. The van der Waals surface area contributed by atoms with Crippen LogP contribution < -0.4 is 11.2 Å². The molecule has 0 saturated carbocycles. The molecule has 6 heteroatoms. The second kappa shape index (κ2) is 6.10. The molecule has 0 amide bonds. The predicted octanol–water partition coefficient (Wildman–Crippen LogP) is 1.30. The molecule has 1 N–H and O–H groups in total. The van der Waals surface area contributed by atoms with Crippen LogP contribution in [0.15, 0.2) is 15.8 Å². The molecule has 4 unspecified atom stereocenters. The van der Waals surface area contributed by atoms with Crippen molar-refractivity contribution in [3.05, 3.63) is 39.5 Å². The maximum atomic E-state index is 12.0. The number of H-pyrrole nitrogens is 1. The SMILES string of the molecule is [CH2-]CC#Cc1cn(C2OC(C)C(C)C2C)c(=O)[nH]c1=O.[Lr]. The van der Waals surface area contributed by atoms with Gasteiger partial charge in [0.1, 0.15) is 11.8 Å². The predicted molar refractivity (Wildman–Crippen MR) is 76.1 cm³/mol. The van der Waals surface area contributed by atoms with Crippen LogP contribution in [0.25, 0.3) is 0 Å². The first-order valence-electron chi connectivity index (χ1n) is 6.74. The van der Waals surface area contributed by atoms with Gasteiger partial charge in [-0.1, -0.05) is 19.8 Å². The van der Waals surface area contributed by atoms with Crippen molar-refractivity contribution in [2.24, 2.45) is 11.8 Å². The largest absolute Gasteiger partial charge is 0.354 e. The van der Waals surface area contributed by atoms with Crippen molar-refractivity contribution in [3.8, 4) is 11.8 Å². The van der Waals surface area contributed by atoms with Crippen molar-refractivity contribution in [1.82, 2.24) is 9.55 Å². The van der Waals surface area contributed by atoms with E-state index in [1.165, 1.54) is 10.8 Å². The third-order valence-corrected chi connectivity index (χ3v) is 3.96. The van der Waals surface area contributed by atoms with Gasteiger partial charge in [0, 0.05) is 12.1 Å². The van der Waals surface area contributed by atoms with Gasteiger partial charge in [0.2, 0.25) is 0 Å². The average molecular weight is 537 g/mol. The Balaban J connectivity index is 0.00000220. The number of aromatic amines is 1. The number of ether oxygens (including phenoxy) is 1. The summed E-state index contributed by atoms with van der Waals surface area (Å²) in [5.41, 5.74) is -0.677. The van der Waals surface area contributed by atoms with Crippen LogP contribution in [0, 0.1) is 30.6 Å². The van der Waals surface area contributed by atoms with Gasteiger partial charge in [0.25, 0.3) is 5.56 Å². The molecule has 0 aliphatic carbocycles. The fourth-order valence-electron chi connectivity index (χ4n) is 2.39. The van der Waals surface area contributed by atoms with Crippen LogP contribution in [0.5, 0.6) is 0 Å². The number of aromatic nitrogens is 2. The van der Waals surface area contributed by atoms with E-state index in [0.29, 0.717) is 12.3 Å². The third-order valence-electron chi connectivity index (χ3n) is 3.96. The Labute approximate surface area is 118 Å². The quantitative estimate of drug-likeness (QED) is 0.434. The Morgan fingerprint density at radius 2 is 2.00 bits per heavy atom. The van der Waals surface area contributed by atoms with E-state index in [4.69, 9.17) is 4.74 Å². The second-order valence-corrected chi connectivity index (χ2v) is 5.21. The van der Waals surface area contributed by atoms with Gasteiger partial charge in [-0.15, -0.1) is 12.3 Å². The molecular formula is C15H19LrN2O3-. The summed E-state index contributed by atoms with van der Waals surface area (Å²) >= 11 is 0. The molecule has 1 aliphatic heterocycles. The summed E-state index contributed by atoms with van der Waals surface area (Å²) in [5, 5.41) is 0. The Hall–Kier alpha value is -2.80. The zero-order valence-corrected chi connectivity index (χ0v) is 14.4. The summed E-state index contributed by atoms with van der Waals surface area (Å²) in [4.78, 5) is 26.0. The van der Waals surface area contributed by atoms with Crippen LogP contribution in [0.1, 0.15) is 39.0 Å². The van der Waals surface area contributed by atoms with Gasteiger partial charge in [-0.3, -0.25) is 14.3 Å². The maximum Gasteiger partial charge on any atom is 0.330 e. The molecule has 21 heavy (non-hydrogen) atoms. The van der Waals surface area contributed by atoms with Crippen molar-refractivity contribution < 1.29 is 4.74 Å². The molecule has 0 bridgehead atoms. The van der Waals surface area contributed by atoms with Gasteiger partial charge in [-0.2, -0.15) is 0 Å². The topological polar surface area (TPSA) is 64.1 Å². The third kappa shape index (κ3) is 2.87. The van der Waals surface area contributed by atoms with E-state index in [-0.39, 0.29) is 23.8 Å². The minimum absolute atomic E-state index is 0. The molecule has 0 spiro atoms. The fraction of sp³-hybridized carbons (Fsp3) is 0.533. The van der Waals surface area contributed by atoms with Gasteiger partial charge in [0.05, 0.1) is 6.10 Å². The molecule has 5 nitrogen and oxygen atoms in total. The first-order valence-corrected chi connectivity index (χ1v) is 6.74. The zero-order chi connectivity index (χ0) is 14.9. The molecule has 2 heterocycles. The second-order valence-electron chi connectivity index (χ2n) is 5.21. The van der Waals surface area contributed by atoms with E-state index in [2.05, 4.69) is 30.7 Å². The van der Waals surface area contributed by atoms with Crippen molar-refractivity contribution in [3.63, 3.8) is 0 Å². The van der Waals surface area contributed by atoms with Gasteiger partial charge < -0.3 is 11.7 Å². The van der Waals surface area contributed by atoms with E-state index in [1.807, 2.05) is 13.8 Å². The normalized spacial score (nSPS) is 27.6. The molecule has 123 valence electrons. The number of nitrogens with one attached hydrogen (secondary N) is 1. The molecule has 1 aromatic rings. The zero-order valence-electron chi connectivity index (χ0n) is 12.2. The molecule has 1 radical (unpaired) electrons. The van der Waals surface area contributed by atoms with Crippen LogP contribution in [-0.2, 0) is 4.74 Å². The summed E-state index contributed by atoms with van der Waals surface area (Å²) in [6.07, 6.45) is 1.59. The van der Waals surface area contributed by atoms with E-state index in [1.54, 1.807) is 0 Å². The monoisotopic (exact) mass is 537 g/mol. The molecule has 1 aliphatic rings. The standard InChI is InChI=1S/C15H19N2O3.Lr/c1-5-6-7-12-8-17(15(19)16-13(12)18)14-10(3)9(2)11(4)20-14;/h8-11,14H,1,5H2,2-4H3,(H,16,18,19);/q-1;. The summed E-state index contributed by atoms with van der Waals surface area (Å²) in [5.74, 6) is 5.98. The van der Waals surface area contributed by atoms with Gasteiger partial charge in [-0.05, 0) is 12.8 Å². The van der Waals surface area contributed by atoms with E-state index < -0.39 is 11.2 Å². The van der Waals surface area contributed by atoms with Crippen LogP contribution in [0.3, 0.4) is 0 Å². The van der Waals surface area contributed by atoms with Gasteiger partial charge >= 0.3 is 5.69 Å². The first-order chi connectivity index (χ1) is 9.45. The van der Waals surface area contributed by atoms with Crippen LogP contribution >= 0.6 is 0 Å². The van der Waals surface area contributed by atoms with E-state index in [9.17, 15) is 9.59 Å².